The first kappa shape index (κ1) is 23.5. The predicted molar refractivity (Wildman–Crippen MR) is 132 cm³/mol. The Kier molecular flexibility index (Phi) is 6.26. The van der Waals surface area contributed by atoms with E-state index in [4.69, 9.17) is 0 Å². The molecule has 3 aliphatic rings. The van der Waals surface area contributed by atoms with Crippen LogP contribution in [0.3, 0.4) is 0 Å². The maximum atomic E-state index is 2.70. The van der Waals surface area contributed by atoms with Crippen LogP contribution in [0.15, 0.2) is 40.5 Å². The molecule has 0 nitrogen and oxygen atoms in total. The van der Waals surface area contributed by atoms with E-state index in [2.05, 4.69) is 79.7 Å². The first-order valence-corrected chi connectivity index (χ1v) is 16.3. The van der Waals surface area contributed by atoms with Crippen molar-refractivity contribution in [2.24, 2.45) is 5.41 Å². The number of fused-ring (bicyclic) bond motifs is 2. The standard InChI is InChI=1S/C20H27.C10H15.Hf/c1-4-7-8-15-9-10-16-11-17-13-20(5-2,6-3)14-18(17)12-19(15)16;1-6-7(2)9(4)10(5)8(6)3;/h9-12H,4-8,13-14H2,1-3H3;1-5H3;. The number of unbranched alkanes of at least 4 members (excludes halogenated alkanes) is 1. The molecule has 1 aromatic carbocycles. The van der Waals surface area contributed by atoms with Gasteiger partial charge < -0.3 is 0 Å². The molecule has 0 aliphatic heterocycles. The molecule has 4 rings (SSSR count). The minimum atomic E-state index is -1.16. The van der Waals surface area contributed by atoms with Crippen molar-refractivity contribution in [3.63, 3.8) is 0 Å². The van der Waals surface area contributed by atoms with E-state index in [9.17, 15) is 0 Å². The normalized spacial score (nSPS) is 25.4. The van der Waals surface area contributed by atoms with E-state index in [1.54, 1.807) is 44.5 Å². The first-order valence-electron chi connectivity index (χ1n) is 12.7. The number of hydrogen-bond donors (Lipinski definition) is 0. The Balaban J connectivity index is 1.78. The summed E-state index contributed by atoms with van der Waals surface area (Å²) in [4.78, 5) is 0. The molecule has 166 valence electrons. The Morgan fingerprint density at radius 1 is 0.871 bits per heavy atom. The average Bonchev–Trinajstić information content (AvgIpc) is 3.35. The molecule has 0 spiro atoms. The number of benzene rings is 1. The summed E-state index contributed by atoms with van der Waals surface area (Å²) in [6, 6.07) is 5.31. The Morgan fingerprint density at radius 2 is 1.45 bits per heavy atom. The second kappa shape index (κ2) is 8.27. The Morgan fingerprint density at radius 3 is 2.00 bits per heavy atom. The molecule has 1 aromatic rings. The van der Waals surface area contributed by atoms with Crippen LogP contribution < -0.4 is 0 Å². The third-order valence-corrected chi connectivity index (χ3v) is 18.2. The molecule has 0 aromatic heterocycles. The second-order valence-electron chi connectivity index (χ2n) is 10.9. The van der Waals surface area contributed by atoms with Crippen molar-refractivity contribution in [3.05, 3.63) is 62.8 Å². The Hall–Kier alpha value is -0.690. The van der Waals surface area contributed by atoms with Crippen molar-refractivity contribution >= 4 is 6.08 Å². The van der Waals surface area contributed by atoms with Gasteiger partial charge in [-0.3, -0.25) is 0 Å². The van der Waals surface area contributed by atoms with Crippen molar-refractivity contribution in [1.29, 1.82) is 0 Å². The van der Waals surface area contributed by atoms with Crippen molar-refractivity contribution < 1.29 is 22.9 Å². The molecule has 0 heterocycles. The third kappa shape index (κ3) is 3.56. The molecule has 1 heteroatoms. The fraction of sp³-hybridized carbons (Fsp3) is 0.600. The molecular formula is C30H42Hf. The van der Waals surface area contributed by atoms with Gasteiger partial charge in [-0.15, -0.1) is 0 Å². The van der Waals surface area contributed by atoms with Gasteiger partial charge >= 0.3 is 204 Å². The molecule has 0 saturated carbocycles. The maximum absolute atomic E-state index is 2.70. The van der Waals surface area contributed by atoms with Gasteiger partial charge in [0.15, 0.2) is 0 Å². The summed E-state index contributed by atoms with van der Waals surface area (Å²) in [7, 11) is 0. The molecule has 0 radical (unpaired) electrons. The predicted octanol–water partition coefficient (Wildman–Crippen LogP) is 8.95. The van der Waals surface area contributed by atoms with Crippen LogP contribution in [0.2, 0.25) is 3.17 Å². The average molecular weight is 581 g/mol. The van der Waals surface area contributed by atoms with E-state index in [0.717, 1.165) is 0 Å². The summed E-state index contributed by atoms with van der Waals surface area (Å²) in [5, 5.41) is 0. The van der Waals surface area contributed by atoms with Crippen molar-refractivity contribution in [1.82, 2.24) is 0 Å². The van der Waals surface area contributed by atoms with Gasteiger partial charge in [0.05, 0.1) is 0 Å². The summed E-state index contributed by atoms with van der Waals surface area (Å²) in [6.07, 6.45) is 14.4. The number of hydrogen-bond acceptors (Lipinski definition) is 0. The quantitative estimate of drug-likeness (QED) is 0.282. The molecule has 0 saturated heterocycles. The summed E-state index contributed by atoms with van der Waals surface area (Å²) < 4.78 is 0.732. The molecule has 0 bridgehead atoms. The van der Waals surface area contributed by atoms with Crippen molar-refractivity contribution in [2.45, 2.75) is 107 Å². The fourth-order valence-electron chi connectivity index (χ4n) is 6.58. The van der Waals surface area contributed by atoms with Crippen LogP contribution in [0.1, 0.15) is 110 Å². The molecule has 1 atom stereocenters. The van der Waals surface area contributed by atoms with E-state index >= 15 is 0 Å². The number of allylic oxidation sites excluding steroid dienone is 5. The van der Waals surface area contributed by atoms with E-state index < -0.39 is 22.9 Å². The van der Waals surface area contributed by atoms with Crippen LogP contribution in [-0.2, 0) is 38.9 Å². The second-order valence-corrected chi connectivity index (χ2v) is 18.6. The molecule has 31 heavy (non-hydrogen) atoms. The van der Waals surface area contributed by atoms with Crippen LogP contribution in [0.4, 0.5) is 0 Å². The first-order chi connectivity index (χ1) is 14.6. The summed E-state index contributed by atoms with van der Waals surface area (Å²) in [6.45, 7) is 19.4. The van der Waals surface area contributed by atoms with E-state index in [1.165, 1.54) is 44.9 Å². The fourth-order valence-corrected chi connectivity index (χ4v) is 15.4. The van der Waals surface area contributed by atoms with Crippen molar-refractivity contribution in [3.8, 4) is 0 Å². The zero-order chi connectivity index (χ0) is 22.6. The minimum absolute atomic E-state index is 0.365. The van der Waals surface area contributed by atoms with Gasteiger partial charge in [0.25, 0.3) is 0 Å². The van der Waals surface area contributed by atoms with Gasteiger partial charge in [0.1, 0.15) is 0 Å². The van der Waals surface area contributed by atoms with Gasteiger partial charge in [0, 0.05) is 0 Å². The van der Waals surface area contributed by atoms with Gasteiger partial charge in [-0.1, -0.05) is 0 Å². The molecule has 0 fully saturated rings. The van der Waals surface area contributed by atoms with E-state index in [0.29, 0.717) is 11.8 Å². The monoisotopic (exact) mass is 582 g/mol. The van der Waals surface area contributed by atoms with Crippen LogP contribution in [-0.4, -0.2) is 0 Å². The van der Waals surface area contributed by atoms with Crippen LogP contribution >= 0.6 is 0 Å². The van der Waals surface area contributed by atoms with Gasteiger partial charge in [-0.2, -0.15) is 0 Å². The van der Waals surface area contributed by atoms with E-state index in [-0.39, 0.29) is 0 Å². The summed E-state index contributed by atoms with van der Waals surface area (Å²) >= 11 is -1.16. The number of rotatable bonds is 7. The SMILES string of the molecule is CCCC[C]1([Hf][C]2(C)C(C)=C(C)C(C)=C2C)C=Cc2cc3c(cc21)CC(CC)(CC)C3. The zero-order valence-electron chi connectivity index (χ0n) is 21.3. The molecule has 3 aliphatic carbocycles. The summed E-state index contributed by atoms with van der Waals surface area (Å²) in [5.74, 6) is 0. The Labute approximate surface area is 203 Å². The van der Waals surface area contributed by atoms with Crippen LogP contribution in [0.5, 0.6) is 0 Å². The summed E-state index contributed by atoms with van der Waals surface area (Å²) in [5.41, 5.74) is 13.6. The van der Waals surface area contributed by atoms with E-state index in [1.807, 2.05) is 0 Å². The Bertz CT molecular complexity index is 958. The zero-order valence-corrected chi connectivity index (χ0v) is 24.9. The molecule has 1 unspecified atom stereocenters. The third-order valence-electron chi connectivity index (χ3n) is 9.62. The van der Waals surface area contributed by atoms with Gasteiger partial charge in [0.2, 0.25) is 0 Å². The van der Waals surface area contributed by atoms with Crippen LogP contribution in [0, 0.1) is 5.41 Å². The van der Waals surface area contributed by atoms with Gasteiger partial charge in [-0.05, 0) is 0 Å². The molecule has 0 N–H and O–H groups in total. The van der Waals surface area contributed by atoms with Gasteiger partial charge in [-0.25, -0.2) is 0 Å². The molecular weight excluding hydrogens is 539 g/mol. The van der Waals surface area contributed by atoms with Crippen molar-refractivity contribution in [2.75, 3.05) is 0 Å². The topological polar surface area (TPSA) is 0 Å². The van der Waals surface area contributed by atoms with Crippen LogP contribution in [0.25, 0.3) is 6.08 Å². The molecule has 0 amide bonds.